The quantitative estimate of drug-likeness (QED) is 0.513. The van der Waals surface area contributed by atoms with Crippen LogP contribution in [-0.2, 0) is 0 Å². The second kappa shape index (κ2) is 7.97. The van der Waals surface area contributed by atoms with E-state index in [2.05, 4.69) is 21.9 Å². The Morgan fingerprint density at radius 3 is 2.19 bits per heavy atom. The Hall–Kier alpha value is -1.25. The van der Waals surface area contributed by atoms with Crippen LogP contribution in [0, 0.1) is 0 Å². The Morgan fingerprint density at radius 2 is 1.75 bits per heavy atom. The molecule has 0 spiro atoms. The van der Waals surface area contributed by atoms with Gasteiger partial charge >= 0.3 is 0 Å². The first kappa shape index (κ1) is 14.8. The van der Waals surface area contributed by atoms with Crippen molar-refractivity contribution in [1.82, 2.24) is 0 Å². The van der Waals surface area contributed by atoms with Crippen molar-refractivity contribution in [3.63, 3.8) is 0 Å². The molecule has 0 rings (SSSR count). The van der Waals surface area contributed by atoms with Crippen molar-refractivity contribution in [2.45, 2.75) is 47.5 Å². The van der Waals surface area contributed by atoms with Gasteiger partial charge in [-0.05, 0) is 34.1 Å². The van der Waals surface area contributed by atoms with Crippen LogP contribution in [-0.4, -0.2) is 24.3 Å². The summed E-state index contributed by atoms with van der Waals surface area (Å²) in [7, 11) is 1.76. The Labute approximate surface area is 99.1 Å². The number of rotatable bonds is 4. The van der Waals surface area contributed by atoms with Crippen LogP contribution in [0.25, 0.3) is 0 Å². The molecule has 0 atom stereocenters. The van der Waals surface area contributed by atoms with Gasteiger partial charge in [0.05, 0.1) is 11.4 Å². The van der Waals surface area contributed by atoms with Crippen molar-refractivity contribution in [3.05, 3.63) is 11.8 Å². The van der Waals surface area contributed by atoms with Gasteiger partial charge in [-0.2, -0.15) is 0 Å². The minimum atomic E-state index is 0.802. The highest BCUT2D eigenvalue weighted by atomic mass is 14.9. The van der Waals surface area contributed by atoms with E-state index in [1.54, 1.807) is 7.05 Å². The molecular formula is C13H23N3. The number of nitrogens with zero attached hydrogens (tertiary/aromatic N) is 3. The highest BCUT2D eigenvalue weighted by Gasteiger charge is 2.03. The lowest BCUT2D eigenvalue weighted by Crippen LogP contribution is -2.12. The molecule has 0 radical (unpaired) electrons. The second-order valence-corrected chi connectivity index (χ2v) is 3.71. The van der Waals surface area contributed by atoms with Gasteiger partial charge < -0.3 is 0 Å². The third-order valence-electron chi connectivity index (χ3n) is 2.29. The molecule has 16 heavy (non-hydrogen) atoms. The predicted octanol–water partition coefficient (Wildman–Crippen LogP) is 3.66. The van der Waals surface area contributed by atoms with E-state index in [0.29, 0.717) is 0 Å². The number of aliphatic imine (C=N–C) groups is 3. The summed E-state index contributed by atoms with van der Waals surface area (Å²) in [5.74, 6) is 0.802. The average molecular weight is 221 g/mol. The van der Waals surface area contributed by atoms with Gasteiger partial charge in [0.15, 0.2) is 0 Å². The maximum absolute atomic E-state index is 4.49. The zero-order chi connectivity index (χ0) is 12.6. The molecule has 0 aliphatic rings. The second-order valence-electron chi connectivity index (χ2n) is 3.71. The fourth-order valence-electron chi connectivity index (χ4n) is 1.19. The zero-order valence-electron chi connectivity index (χ0n) is 11.3. The van der Waals surface area contributed by atoms with Crippen molar-refractivity contribution >= 4 is 17.3 Å². The highest BCUT2D eigenvalue weighted by Crippen LogP contribution is 2.02. The number of amidine groups is 1. The fourth-order valence-corrected chi connectivity index (χ4v) is 1.19. The highest BCUT2D eigenvalue weighted by molar-refractivity contribution is 6.43. The molecule has 0 heterocycles. The summed E-state index contributed by atoms with van der Waals surface area (Å²) in [4.78, 5) is 13.0. The molecule has 0 aliphatic carbocycles. The Bertz CT molecular complexity index is 333. The number of allylic oxidation sites excluding steroid dienone is 2. The van der Waals surface area contributed by atoms with E-state index in [-0.39, 0.29) is 0 Å². The lowest BCUT2D eigenvalue weighted by molar-refractivity contribution is 0.999. The summed E-state index contributed by atoms with van der Waals surface area (Å²) in [5.41, 5.74) is 3.04. The SMILES string of the molecule is C/C=C(/C)N=C(C)C(CCC)=NC(C)=NC. The van der Waals surface area contributed by atoms with Crippen LogP contribution >= 0.6 is 0 Å². The van der Waals surface area contributed by atoms with Crippen molar-refractivity contribution < 1.29 is 0 Å². The van der Waals surface area contributed by atoms with E-state index in [9.17, 15) is 0 Å². The molecule has 3 nitrogen and oxygen atoms in total. The molecule has 0 amide bonds. The minimum Gasteiger partial charge on any atom is -0.274 e. The first-order valence-electron chi connectivity index (χ1n) is 5.74. The van der Waals surface area contributed by atoms with E-state index in [1.165, 1.54) is 0 Å². The summed E-state index contributed by atoms with van der Waals surface area (Å²) in [6, 6.07) is 0. The summed E-state index contributed by atoms with van der Waals surface area (Å²) in [6.45, 7) is 10.0. The molecule has 0 saturated carbocycles. The number of hydrogen-bond donors (Lipinski definition) is 0. The maximum atomic E-state index is 4.49. The van der Waals surface area contributed by atoms with Gasteiger partial charge in [-0.15, -0.1) is 0 Å². The molecule has 3 heteroatoms. The first-order valence-corrected chi connectivity index (χ1v) is 5.74. The van der Waals surface area contributed by atoms with Gasteiger partial charge in [0.2, 0.25) is 0 Å². The molecule has 0 aromatic rings. The molecule has 0 aliphatic heterocycles. The van der Waals surface area contributed by atoms with Gasteiger partial charge in [0.25, 0.3) is 0 Å². The summed E-state index contributed by atoms with van der Waals surface area (Å²) in [6.07, 6.45) is 4.00. The zero-order valence-corrected chi connectivity index (χ0v) is 11.3. The van der Waals surface area contributed by atoms with Crippen molar-refractivity contribution in [1.29, 1.82) is 0 Å². The predicted molar refractivity (Wildman–Crippen MR) is 73.9 cm³/mol. The molecule has 0 saturated heterocycles. The summed E-state index contributed by atoms with van der Waals surface area (Å²) < 4.78 is 0. The molecule has 0 N–H and O–H groups in total. The van der Waals surface area contributed by atoms with Gasteiger partial charge in [0.1, 0.15) is 5.84 Å². The molecule has 90 valence electrons. The average Bonchev–Trinajstić information content (AvgIpc) is 2.27. The van der Waals surface area contributed by atoms with Crippen LogP contribution in [0.4, 0.5) is 0 Å². The normalized spacial score (nSPS) is 15.6. The molecule has 0 unspecified atom stereocenters. The molecular weight excluding hydrogens is 198 g/mol. The van der Waals surface area contributed by atoms with E-state index >= 15 is 0 Å². The van der Waals surface area contributed by atoms with Gasteiger partial charge in [-0.3, -0.25) is 9.98 Å². The van der Waals surface area contributed by atoms with Crippen LogP contribution in [0.2, 0.25) is 0 Å². The lowest BCUT2D eigenvalue weighted by atomic mass is 10.1. The molecule has 0 bridgehead atoms. The van der Waals surface area contributed by atoms with E-state index < -0.39 is 0 Å². The Morgan fingerprint density at radius 1 is 1.12 bits per heavy atom. The maximum Gasteiger partial charge on any atom is 0.120 e. The standard InChI is InChI=1S/C13H23N3/c1-7-9-13(16-12(5)14-6)11(4)15-10(3)8-2/h8H,7,9H2,1-6H3/b10-8-,14-12?,15-11?,16-13?. The van der Waals surface area contributed by atoms with Crippen LogP contribution in [0.5, 0.6) is 0 Å². The largest absolute Gasteiger partial charge is 0.274 e. The van der Waals surface area contributed by atoms with Crippen LogP contribution in [0.3, 0.4) is 0 Å². The van der Waals surface area contributed by atoms with Crippen LogP contribution in [0.15, 0.2) is 26.8 Å². The molecule has 0 aromatic heterocycles. The minimum absolute atomic E-state index is 0.802. The summed E-state index contributed by atoms with van der Waals surface area (Å²) >= 11 is 0. The lowest BCUT2D eigenvalue weighted by Gasteiger charge is -2.05. The van der Waals surface area contributed by atoms with Gasteiger partial charge in [0, 0.05) is 12.7 Å². The van der Waals surface area contributed by atoms with Crippen molar-refractivity contribution in [2.24, 2.45) is 15.0 Å². The monoisotopic (exact) mass is 221 g/mol. The number of hydrogen-bond acceptors (Lipinski definition) is 2. The van der Waals surface area contributed by atoms with Crippen molar-refractivity contribution in [2.75, 3.05) is 7.05 Å². The van der Waals surface area contributed by atoms with E-state index in [4.69, 9.17) is 0 Å². The smallest absolute Gasteiger partial charge is 0.120 e. The third-order valence-corrected chi connectivity index (χ3v) is 2.29. The van der Waals surface area contributed by atoms with Crippen LogP contribution in [0.1, 0.15) is 47.5 Å². The topological polar surface area (TPSA) is 37.1 Å². The van der Waals surface area contributed by atoms with Crippen LogP contribution < -0.4 is 0 Å². The molecule has 0 fully saturated rings. The Kier molecular flexibility index (Phi) is 7.34. The van der Waals surface area contributed by atoms with Gasteiger partial charge in [-0.1, -0.05) is 19.4 Å². The van der Waals surface area contributed by atoms with Gasteiger partial charge in [-0.25, -0.2) is 4.99 Å². The van der Waals surface area contributed by atoms with E-state index in [1.807, 2.05) is 33.8 Å². The third kappa shape index (κ3) is 5.59. The summed E-state index contributed by atoms with van der Waals surface area (Å²) in [5, 5.41) is 0. The van der Waals surface area contributed by atoms with E-state index in [0.717, 1.165) is 35.8 Å². The fraction of sp³-hybridized carbons (Fsp3) is 0.615. The first-order chi connectivity index (χ1) is 7.54. The van der Waals surface area contributed by atoms with Crippen molar-refractivity contribution in [3.8, 4) is 0 Å². The Balaban J connectivity index is 5.07. The molecule has 0 aromatic carbocycles.